The Bertz CT molecular complexity index is 1160. The van der Waals surface area contributed by atoms with Crippen LogP contribution in [-0.4, -0.2) is 53.7 Å². The number of carboxylic acid groups (broad SMARTS) is 1. The fraction of sp³-hybridized carbons (Fsp3) is 0.296. The molecule has 0 saturated heterocycles. The van der Waals surface area contributed by atoms with Gasteiger partial charge in [0, 0.05) is 31.0 Å². The summed E-state index contributed by atoms with van der Waals surface area (Å²) in [5.41, 5.74) is 4.78. The van der Waals surface area contributed by atoms with Gasteiger partial charge in [0.05, 0.1) is 0 Å². The van der Waals surface area contributed by atoms with Crippen molar-refractivity contribution in [2.75, 3.05) is 19.7 Å². The van der Waals surface area contributed by atoms with Crippen LogP contribution < -0.4 is 5.32 Å². The van der Waals surface area contributed by atoms with Gasteiger partial charge in [0.1, 0.15) is 12.6 Å². The highest BCUT2D eigenvalue weighted by molar-refractivity contribution is 5.89. The second kappa shape index (κ2) is 10.3. The first-order valence-corrected chi connectivity index (χ1v) is 11.2. The quantitative estimate of drug-likeness (QED) is 0.646. The summed E-state index contributed by atoms with van der Waals surface area (Å²) in [5.74, 6) is 4.23. The molecule has 1 aliphatic heterocycles. The molecule has 1 unspecified atom stereocenters. The number of fused-ring (bicyclic) bond motifs is 3. The summed E-state index contributed by atoms with van der Waals surface area (Å²) in [6.07, 6.45) is 1.25. The van der Waals surface area contributed by atoms with Crippen LogP contribution in [0.2, 0.25) is 0 Å². The van der Waals surface area contributed by atoms with E-state index in [0.29, 0.717) is 5.57 Å². The van der Waals surface area contributed by atoms with Crippen molar-refractivity contribution in [3.63, 3.8) is 0 Å². The summed E-state index contributed by atoms with van der Waals surface area (Å²) >= 11 is 0. The molecule has 0 saturated carbocycles. The maximum atomic E-state index is 13.0. The van der Waals surface area contributed by atoms with E-state index in [1.165, 1.54) is 11.0 Å². The average molecular weight is 459 g/mol. The van der Waals surface area contributed by atoms with E-state index in [4.69, 9.17) is 9.84 Å². The molecule has 7 nitrogen and oxygen atoms in total. The maximum absolute atomic E-state index is 13.0. The molecule has 4 rings (SSSR count). The highest BCUT2D eigenvalue weighted by Crippen LogP contribution is 2.44. The molecule has 2 aromatic carbocycles. The first-order valence-electron chi connectivity index (χ1n) is 11.2. The Kier molecular flexibility index (Phi) is 6.98. The highest BCUT2D eigenvalue weighted by Gasteiger charge is 2.31. The normalized spacial score (nSPS) is 15.2. The number of carbonyl (C=O) groups excluding carboxylic acids is 2. The molecule has 0 spiro atoms. The molecule has 1 heterocycles. The van der Waals surface area contributed by atoms with E-state index < -0.39 is 18.1 Å². The molecule has 2 N–H and O–H groups in total. The van der Waals surface area contributed by atoms with E-state index in [-0.39, 0.29) is 44.4 Å². The summed E-state index contributed by atoms with van der Waals surface area (Å²) in [6.45, 7) is 2.27. The predicted molar refractivity (Wildman–Crippen MR) is 127 cm³/mol. The van der Waals surface area contributed by atoms with Crippen molar-refractivity contribution in [3.05, 3.63) is 71.3 Å². The lowest BCUT2D eigenvalue weighted by molar-refractivity contribution is -0.135. The van der Waals surface area contributed by atoms with Crippen LogP contribution in [0, 0.1) is 11.8 Å². The lowest BCUT2D eigenvalue weighted by Gasteiger charge is -2.29. The number of carbonyl (C=O) groups is 3. The minimum absolute atomic E-state index is 0.0793. The molecule has 2 amide bonds. The number of hydrogen-bond donors (Lipinski definition) is 2. The Labute approximate surface area is 198 Å². The van der Waals surface area contributed by atoms with Gasteiger partial charge in [0.15, 0.2) is 0 Å². The number of nitrogens with one attached hydrogen (secondary N) is 1. The van der Waals surface area contributed by atoms with E-state index in [1.807, 2.05) is 36.4 Å². The minimum Gasteiger partial charge on any atom is -0.478 e. The molecule has 34 heavy (non-hydrogen) atoms. The third-order valence-corrected chi connectivity index (χ3v) is 6.21. The summed E-state index contributed by atoms with van der Waals surface area (Å²) in [6, 6.07) is 15.3. The fourth-order valence-electron chi connectivity index (χ4n) is 4.47. The van der Waals surface area contributed by atoms with Gasteiger partial charge in [-0.2, -0.15) is 0 Å². The van der Waals surface area contributed by atoms with Gasteiger partial charge in [-0.3, -0.25) is 4.79 Å². The average Bonchev–Trinajstić information content (AvgIpc) is 3.18. The number of rotatable bonds is 6. The molecule has 1 atom stereocenters. The number of carboxylic acids is 1. The first kappa shape index (κ1) is 23.1. The summed E-state index contributed by atoms with van der Waals surface area (Å²) in [5, 5.41) is 11.8. The zero-order valence-corrected chi connectivity index (χ0v) is 18.9. The second-order valence-electron chi connectivity index (χ2n) is 8.22. The first-order chi connectivity index (χ1) is 16.5. The Balaban J connectivity index is 1.41. The molecule has 0 bridgehead atoms. The molecule has 0 radical (unpaired) electrons. The summed E-state index contributed by atoms with van der Waals surface area (Å²) in [7, 11) is 0. The van der Waals surface area contributed by atoms with Crippen LogP contribution in [0.5, 0.6) is 0 Å². The van der Waals surface area contributed by atoms with E-state index in [0.717, 1.165) is 22.3 Å². The van der Waals surface area contributed by atoms with Gasteiger partial charge in [0.2, 0.25) is 5.91 Å². The minimum atomic E-state index is -0.975. The Morgan fingerprint density at radius 2 is 1.76 bits per heavy atom. The number of ether oxygens (including phenoxy) is 1. The third-order valence-electron chi connectivity index (χ3n) is 6.21. The lowest BCUT2D eigenvalue weighted by atomic mass is 9.98. The fourth-order valence-corrected chi connectivity index (χ4v) is 4.47. The van der Waals surface area contributed by atoms with Crippen molar-refractivity contribution < 1.29 is 24.2 Å². The standard InChI is InChI=1S/C27H26N2O5/c1-2-3-12-24(25(30)29-15-13-18(14-16-29)26(31)32)28-27(33)34-17-23-21-10-6-4-8-19(21)20-9-5-7-11-22(20)23/h4-11,13,23-24H,12,14-17H2,1H3,(H,28,33)(H,31,32). The van der Waals surface area contributed by atoms with Crippen LogP contribution in [0.15, 0.2) is 60.2 Å². The molecular formula is C27H26N2O5. The smallest absolute Gasteiger partial charge is 0.407 e. The maximum Gasteiger partial charge on any atom is 0.407 e. The number of amides is 2. The Morgan fingerprint density at radius 1 is 1.12 bits per heavy atom. The van der Waals surface area contributed by atoms with Crippen LogP contribution in [0.1, 0.15) is 36.8 Å². The molecule has 2 aliphatic rings. The summed E-state index contributed by atoms with van der Waals surface area (Å²) < 4.78 is 5.58. The summed E-state index contributed by atoms with van der Waals surface area (Å²) in [4.78, 5) is 38.3. The van der Waals surface area contributed by atoms with Gasteiger partial charge in [-0.15, -0.1) is 11.8 Å². The van der Waals surface area contributed by atoms with Crippen LogP contribution in [0.25, 0.3) is 11.1 Å². The van der Waals surface area contributed by atoms with E-state index in [1.54, 1.807) is 6.92 Å². The number of nitrogens with zero attached hydrogens (tertiary/aromatic N) is 1. The van der Waals surface area contributed by atoms with Crippen LogP contribution in [0.3, 0.4) is 0 Å². The molecule has 2 aromatic rings. The zero-order valence-electron chi connectivity index (χ0n) is 18.9. The lowest BCUT2D eigenvalue weighted by Crippen LogP contribution is -2.50. The van der Waals surface area contributed by atoms with Crippen molar-refractivity contribution in [2.24, 2.45) is 0 Å². The monoisotopic (exact) mass is 458 g/mol. The molecule has 0 aromatic heterocycles. The number of alkyl carbamates (subject to hydrolysis) is 1. The van der Waals surface area contributed by atoms with Gasteiger partial charge >= 0.3 is 12.1 Å². The van der Waals surface area contributed by atoms with E-state index in [9.17, 15) is 14.4 Å². The van der Waals surface area contributed by atoms with Crippen molar-refractivity contribution in [1.29, 1.82) is 0 Å². The molecular weight excluding hydrogens is 432 g/mol. The van der Waals surface area contributed by atoms with Crippen LogP contribution in [0.4, 0.5) is 4.79 Å². The Morgan fingerprint density at radius 3 is 2.32 bits per heavy atom. The zero-order chi connectivity index (χ0) is 24.1. The predicted octanol–water partition coefficient (Wildman–Crippen LogP) is 3.55. The molecule has 1 aliphatic carbocycles. The molecule has 174 valence electrons. The largest absolute Gasteiger partial charge is 0.478 e. The van der Waals surface area contributed by atoms with Crippen molar-refractivity contribution in [3.8, 4) is 23.0 Å². The highest BCUT2D eigenvalue weighted by atomic mass is 16.5. The number of benzene rings is 2. The van der Waals surface area contributed by atoms with Crippen molar-refractivity contribution in [1.82, 2.24) is 10.2 Å². The van der Waals surface area contributed by atoms with E-state index >= 15 is 0 Å². The topological polar surface area (TPSA) is 95.9 Å². The van der Waals surface area contributed by atoms with Gasteiger partial charge < -0.3 is 20.1 Å². The second-order valence-corrected chi connectivity index (χ2v) is 8.22. The van der Waals surface area contributed by atoms with Gasteiger partial charge in [-0.25, -0.2) is 9.59 Å². The molecule has 0 fully saturated rings. The van der Waals surface area contributed by atoms with Gasteiger partial charge in [-0.05, 0) is 35.6 Å². The van der Waals surface area contributed by atoms with Gasteiger partial charge in [0.25, 0.3) is 0 Å². The SMILES string of the molecule is CC#CCC(NC(=O)OCC1c2ccccc2-c2ccccc21)C(=O)N1CC=C(C(=O)O)CC1. The number of hydrogen-bond acceptors (Lipinski definition) is 4. The van der Waals surface area contributed by atoms with Gasteiger partial charge in [-0.1, -0.05) is 54.6 Å². The number of aliphatic carboxylic acids is 1. The van der Waals surface area contributed by atoms with Crippen LogP contribution >= 0.6 is 0 Å². The third kappa shape index (κ3) is 4.81. The van der Waals surface area contributed by atoms with Crippen LogP contribution in [-0.2, 0) is 14.3 Å². The van der Waals surface area contributed by atoms with E-state index in [2.05, 4.69) is 29.3 Å². The molecule has 7 heteroatoms. The Hall–Kier alpha value is -4.05. The van der Waals surface area contributed by atoms with Crippen molar-refractivity contribution >= 4 is 18.0 Å². The van der Waals surface area contributed by atoms with Crippen molar-refractivity contribution in [2.45, 2.75) is 31.7 Å².